The van der Waals surface area contributed by atoms with Crippen LogP contribution in [0.25, 0.3) is 5.69 Å². The number of hydrogen-bond acceptors (Lipinski definition) is 3. The van der Waals surface area contributed by atoms with E-state index in [1.807, 2.05) is 67.6 Å². The fourth-order valence-electron chi connectivity index (χ4n) is 4.55. The van der Waals surface area contributed by atoms with Crippen molar-refractivity contribution in [3.8, 4) is 5.69 Å². The molecule has 36 heavy (non-hydrogen) atoms. The van der Waals surface area contributed by atoms with Crippen LogP contribution >= 0.6 is 28.1 Å². The largest absolute Gasteiger partial charge is 0.352 e. The Balaban J connectivity index is 1.44. The lowest BCUT2D eigenvalue weighted by Crippen LogP contribution is -2.33. The first-order valence-electron chi connectivity index (χ1n) is 11.8. The highest BCUT2D eigenvalue weighted by atomic mass is 79.9. The number of nitrogens with one attached hydrogen (secondary N) is 2. The Kier molecular flexibility index (Phi) is 7.16. The van der Waals surface area contributed by atoms with E-state index in [0.717, 1.165) is 32.8 Å². The van der Waals surface area contributed by atoms with Gasteiger partial charge in [0.25, 0.3) is 0 Å². The number of thiocarbonyl (C=S) groups is 1. The van der Waals surface area contributed by atoms with E-state index in [4.69, 9.17) is 12.2 Å². The summed E-state index contributed by atoms with van der Waals surface area (Å²) in [6, 6.07) is 25.7. The van der Waals surface area contributed by atoms with Crippen LogP contribution < -0.4 is 10.6 Å². The first-order valence-corrected chi connectivity index (χ1v) is 13.0. The third-order valence-corrected chi connectivity index (χ3v) is 7.13. The quantitative estimate of drug-likeness (QED) is 0.274. The molecule has 5 rings (SSSR count). The molecule has 1 amide bonds. The van der Waals surface area contributed by atoms with Gasteiger partial charge in [-0.05, 0) is 73.7 Å². The molecule has 1 aliphatic heterocycles. The minimum atomic E-state index is -0.153. The zero-order chi connectivity index (χ0) is 25.1. The molecular weight excluding hydrogens is 534 g/mol. The van der Waals surface area contributed by atoms with E-state index in [1.54, 1.807) is 6.20 Å². The van der Waals surface area contributed by atoms with Crippen LogP contribution in [0.1, 0.15) is 35.5 Å². The first kappa shape index (κ1) is 24.2. The van der Waals surface area contributed by atoms with Gasteiger partial charge in [0.15, 0.2) is 5.11 Å². The molecule has 1 aliphatic rings. The van der Waals surface area contributed by atoms with Crippen LogP contribution in [-0.2, 0) is 4.79 Å². The average Bonchev–Trinajstić information content (AvgIpc) is 3.49. The zero-order valence-electron chi connectivity index (χ0n) is 19.8. The lowest BCUT2D eigenvalue weighted by molar-refractivity contribution is -0.116. The molecule has 4 aromatic rings. The maximum atomic E-state index is 12.8. The third kappa shape index (κ3) is 5.20. The maximum absolute atomic E-state index is 12.8. The fraction of sp³-hybridized carbons (Fsp3) is 0.179. The number of aryl methyl sites for hydroxylation is 1. The van der Waals surface area contributed by atoms with Gasteiger partial charge < -0.3 is 20.1 Å². The van der Waals surface area contributed by atoms with Gasteiger partial charge in [-0.15, -0.1) is 0 Å². The number of rotatable bonds is 7. The number of pyridine rings is 1. The second kappa shape index (κ2) is 10.6. The van der Waals surface area contributed by atoms with Gasteiger partial charge in [0.2, 0.25) is 5.91 Å². The number of carbonyl (C=O) groups is 1. The summed E-state index contributed by atoms with van der Waals surface area (Å²) in [4.78, 5) is 19.5. The number of aromatic nitrogens is 2. The first-order chi connectivity index (χ1) is 17.5. The highest BCUT2D eigenvalue weighted by molar-refractivity contribution is 9.10. The van der Waals surface area contributed by atoms with Crippen molar-refractivity contribution in [3.05, 3.63) is 113 Å². The summed E-state index contributed by atoms with van der Waals surface area (Å²) < 4.78 is 3.17. The van der Waals surface area contributed by atoms with Gasteiger partial charge in [-0.3, -0.25) is 9.78 Å². The molecular formula is C28H26BrN5OS. The Labute approximate surface area is 224 Å². The summed E-state index contributed by atoms with van der Waals surface area (Å²) in [6.45, 7) is 2.50. The van der Waals surface area contributed by atoms with Gasteiger partial charge in [0.1, 0.15) is 0 Å². The van der Waals surface area contributed by atoms with Crippen molar-refractivity contribution < 1.29 is 4.79 Å². The number of anilines is 1. The SMILES string of the molecule is Cc1ccc(NC(=O)CCN2C(=S)N[C@@H](c3ccccn3)[C@H]2c2cccn2-c2cccc(Br)c2)cc1. The molecule has 8 heteroatoms. The number of benzene rings is 2. The van der Waals surface area contributed by atoms with Crippen molar-refractivity contribution in [2.45, 2.75) is 25.4 Å². The van der Waals surface area contributed by atoms with E-state index < -0.39 is 0 Å². The summed E-state index contributed by atoms with van der Waals surface area (Å²) in [6.07, 6.45) is 4.15. The van der Waals surface area contributed by atoms with Crippen molar-refractivity contribution >= 4 is 44.9 Å². The number of hydrogen-bond donors (Lipinski definition) is 2. The number of amides is 1. The Morgan fingerprint density at radius 1 is 1.08 bits per heavy atom. The summed E-state index contributed by atoms with van der Waals surface area (Å²) in [5.74, 6) is -0.0518. The standard InChI is InChI=1S/C28H26BrN5OS/c1-19-10-12-21(13-11-19)31-25(35)14-17-34-27(26(32-28(34)36)23-8-2-3-15-30-23)24-9-5-16-33(24)22-7-4-6-20(29)18-22/h2-13,15-16,18,26-27H,14,17H2,1H3,(H,31,35)(H,32,36)/t26-,27+/m0/s1. The zero-order valence-corrected chi connectivity index (χ0v) is 22.2. The van der Waals surface area contributed by atoms with Gasteiger partial charge >= 0.3 is 0 Å². The molecule has 0 aliphatic carbocycles. The smallest absolute Gasteiger partial charge is 0.226 e. The summed E-state index contributed by atoms with van der Waals surface area (Å²) >= 11 is 9.37. The second-order valence-corrected chi connectivity index (χ2v) is 10.1. The molecule has 0 spiro atoms. The number of carbonyl (C=O) groups excluding carboxylic acids is 1. The van der Waals surface area contributed by atoms with Crippen LogP contribution in [0.2, 0.25) is 0 Å². The van der Waals surface area contributed by atoms with Gasteiger partial charge in [0, 0.05) is 46.9 Å². The Bertz CT molecular complexity index is 1370. The van der Waals surface area contributed by atoms with Crippen molar-refractivity contribution in [1.29, 1.82) is 0 Å². The Hall–Kier alpha value is -3.49. The van der Waals surface area contributed by atoms with Gasteiger partial charge in [-0.2, -0.15) is 0 Å². The summed E-state index contributed by atoms with van der Waals surface area (Å²) in [7, 11) is 0. The monoisotopic (exact) mass is 559 g/mol. The summed E-state index contributed by atoms with van der Waals surface area (Å²) in [5, 5.41) is 7.07. The van der Waals surface area contributed by atoms with Crippen LogP contribution in [-0.4, -0.2) is 32.0 Å². The van der Waals surface area contributed by atoms with Crippen molar-refractivity contribution in [2.24, 2.45) is 0 Å². The molecule has 2 aromatic heterocycles. The predicted molar refractivity (Wildman–Crippen MR) is 150 cm³/mol. The van der Waals surface area contributed by atoms with Crippen LogP contribution in [0.15, 0.2) is 95.7 Å². The Morgan fingerprint density at radius 2 is 1.92 bits per heavy atom. The minimum absolute atomic E-state index is 0.0518. The minimum Gasteiger partial charge on any atom is -0.352 e. The molecule has 1 saturated heterocycles. The summed E-state index contributed by atoms with van der Waals surface area (Å²) in [5.41, 5.74) is 4.95. The van der Waals surface area contributed by atoms with Crippen LogP contribution in [0.4, 0.5) is 5.69 Å². The van der Waals surface area contributed by atoms with E-state index in [2.05, 4.69) is 65.4 Å². The molecule has 0 radical (unpaired) electrons. The van der Waals surface area contributed by atoms with Crippen LogP contribution in [0.3, 0.4) is 0 Å². The lowest BCUT2D eigenvalue weighted by atomic mass is 10.0. The number of nitrogens with zero attached hydrogens (tertiary/aromatic N) is 3. The predicted octanol–water partition coefficient (Wildman–Crippen LogP) is 5.94. The van der Waals surface area contributed by atoms with Gasteiger partial charge in [-0.1, -0.05) is 45.8 Å². The number of halogens is 1. The molecule has 0 saturated carbocycles. The molecule has 6 nitrogen and oxygen atoms in total. The van der Waals surface area contributed by atoms with E-state index in [1.165, 1.54) is 0 Å². The molecule has 0 unspecified atom stereocenters. The van der Waals surface area contributed by atoms with Crippen molar-refractivity contribution in [2.75, 3.05) is 11.9 Å². The lowest BCUT2D eigenvalue weighted by Gasteiger charge is -2.29. The molecule has 3 heterocycles. The molecule has 2 N–H and O–H groups in total. The van der Waals surface area contributed by atoms with Gasteiger partial charge in [0.05, 0.1) is 17.8 Å². The average molecular weight is 561 g/mol. The normalized spacial score (nSPS) is 17.2. The molecule has 1 fully saturated rings. The highest BCUT2D eigenvalue weighted by Crippen LogP contribution is 2.39. The second-order valence-electron chi connectivity index (χ2n) is 8.77. The van der Waals surface area contributed by atoms with Crippen LogP contribution in [0, 0.1) is 6.92 Å². The van der Waals surface area contributed by atoms with E-state index >= 15 is 0 Å². The topological polar surface area (TPSA) is 62.2 Å². The molecule has 182 valence electrons. The van der Waals surface area contributed by atoms with E-state index in [9.17, 15) is 4.79 Å². The molecule has 2 atom stereocenters. The van der Waals surface area contributed by atoms with E-state index in [0.29, 0.717) is 18.1 Å². The third-order valence-electron chi connectivity index (χ3n) is 6.28. The Morgan fingerprint density at radius 3 is 2.67 bits per heavy atom. The maximum Gasteiger partial charge on any atom is 0.226 e. The van der Waals surface area contributed by atoms with Gasteiger partial charge in [-0.25, -0.2) is 0 Å². The van der Waals surface area contributed by atoms with Crippen molar-refractivity contribution in [3.63, 3.8) is 0 Å². The highest BCUT2D eigenvalue weighted by Gasteiger charge is 2.41. The molecule has 0 bridgehead atoms. The fourth-order valence-corrected chi connectivity index (χ4v) is 5.27. The van der Waals surface area contributed by atoms with Crippen molar-refractivity contribution in [1.82, 2.24) is 19.8 Å². The van der Waals surface area contributed by atoms with E-state index in [-0.39, 0.29) is 18.0 Å². The van der Waals surface area contributed by atoms with Crippen LogP contribution in [0.5, 0.6) is 0 Å². The molecule has 2 aromatic carbocycles.